The zero-order chi connectivity index (χ0) is 22.0. The van der Waals surface area contributed by atoms with E-state index in [1.54, 1.807) is 44.2 Å². The molecule has 0 bridgehead atoms. The fourth-order valence-corrected chi connectivity index (χ4v) is 2.45. The second kappa shape index (κ2) is 11.8. The highest BCUT2D eigenvalue weighted by molar-refractivity contribution is 5.92. The Bertz CT molecular complexity index is 710. The molecule has 10 nitrogen and oxygen atoms in total. The molecular weight excluding hydrogens is 380 g/mol. The molecule has 0 spiro atoms. The smallest absolute Gasteiger partial charge is 0.326 e. The summed E-state index contributed by atoms with van der Waals surface area (Å²) in [4.78, 5) is 47.7. The SMILES string of the molecule is CC(C)C(NC(=O)CNC(=O)C(Cc1ccccc1)NC(=O)C(N)CO)C(=O)O. The van der Waals surface area contributed by atoms with E-state index in [4.69, 9.17) is 15.9 Å². The van der Waals surface area contributed by atoms with Gasteiger partial charge in [-0.2, -0.15) is 0 Å². The lowest BCUT2D eigenvalue weighted by Gasteiger charge is -2.21. The van der Waals surface area contributed by atoms with Gasteiger partial charge in [0.05, 0.1) is 13.2 Å². The molecule has 1 aromatic rings. The first kappa shape index (κ1) is 24.1. The number of hydrogen-bond donors (Lipinski definition) is 6. The summed E-state index contributed by atoms with van der Waals surface area (Å²) in [7, 11) is 0. The van der Waals surface area contributed by atoms with E-state index in [0.29, 0.717) is 0 Å². The van der Waals surface area contributed by atoms with E-state index >= 15 is 0 Å². The number of rotatable bonds is 11. The first-order chi connectivity index (χ1) is 13.6. The number of hydrogen-bond acceptors (Lipinski definition) is 6. The molecule has 1 aromatic carbocycles. The van der Waals surface area contributed by atoms with Crippen molar-refractivity contribution in [2.75, 3.05) is 13.2 Å². The average Bonchev–Trinajstić information content (AvgIpc) is 2.69. The van der Waals surface area contributed by atoms with E-state index in [-0.39, 0.29) is 12.3 Å². The number of amides is 3. The lowest BCUT2D eigenvalue weighted by molar-refractivity contribution is -0.143. The average molecular weight is 408 g/mol. The summed E-state index contributed by atoms with van der Waals surface area (Å²) in [5.74, 6) is -3.53. The maximum Gasteiger partial charge on any atom is 0.326 e. The molecule has 7 N–H and O–H groups in total. The molecule has 0 aromatic heterocycles. The van der Waals surface area contributed by atoms with Crippen LogP contribution in [0.15, 0.2) is 30.3 Å². The van der Waals surface area contributed by atoms with Crippen molar-refractivity contribution >= 4 is 23.7 Å². The monoisotopic (exact) mass is 408 g/mol. The van der Waals surface area contributed by atoms with Gasteiger partial charge in [0.25, 0.3) is 0 Å². The van der Waals surface area contributed by atoms with Gasteiger partial charge in [0.15, 0.2) is 0 Å². The minimum Gasteiger partial charge on any atom is -0.480 e. The lowest BCUT2D eigenvalue weighted by atomic mass is 10.0. The van der Waals surface area contributed by atoms with Crippen LogP contribution in [-0.2, 0) is 25.6 Å². The van der Waals surface area contributed by atoms with Gasteiger partial charge in [-0.15, -0.1) is 0 Å². The Morgan fingerprint density at radius 2 is 1.66 bits per heavy atom. The van der Waals surface area contributed by atoms with Gasteiger partial charge in [0, 0.05) is 6.42 Å². The first-order valence-corrected chi connectivity index (χ1v) is 9.16. The minimum absolute atomic E-state index is 0.141. The summed E-state index contributed by atoms with van der Waals surface area (Å²) in [6.07, 6.45) is 0.141. The highest BCUT2D eigenvalue weighted by Crippen LogP contribution is 2.04. The van der Waals surface area contributed by atoms with Crippen molar-refractivity contribution in [3.63, 3.8) is 0 Å². The van der Waals surface area contributed by atoms with Gasteiger partial charge in [-0.1, -0.05) is 44.2 Å². The summed E-state index contributed by atoms with van der Waals surface area (Å²) in [6, 6.07) is 5.59. The molecule has 3 unspecified atom stereocenters. The maximum absolute atomic E-state index is 12.5. The van der Waals surface area contributed by atoms with Crippen molar-refractivity contribution in [2.24, 2.45) is 11.7 Å². The van der Waals surface area contributed by atoms with Crippen LogP contribution in [0.3, 0.4) is 0 Å². The summed E-state index contributed by atoms with van der Waals surface area (Å²) in [5, 5.41) is 25.3. The molecule has 0 fully saturated rings. The van der Waals surface area contributed by atoms with Crippen molar-refractivity contribution in [3.05, 3.63) is 35.9 Å². The molecule has 1 rings (SSSR count). The predicted octanol–water partition coefficient (Wildman–Crippen LogP) is -1.62. The second-order valence-corrected chi connectivity index (χ2v) is 6.89. The van der Waals surface area contributed by atoms with Crippen molar-refractivity contribution in [3.8, 4) is 0 Å². The summed E-state index contributed by atoms with van der Waals surface area (Å²) in [5.41, 5.74) is 6.24. The van der Waals surface area contributed by atoms with Crippen LogP contribution in [0.5, 0.6) is 0 Å². The van der Waals surface area contributed by atoms with Crippen molar-refractivity contribution in [1.29, 1.82) is 0 Å². The number of carboxylic acid groups (broad SMARTS) is 1. The Hall–Kier alpha value is -2.98. The van der Waals surface area contributed by atoms with E-state index in [1.165, 1.54) is 0 Å². The molecule has 3 atom stereocenters. The fraction of sp³-hybridized carbons (Fsp3) is 0.474. The van der Waals surface area contributed by atoms with Crippen LogP contribution in [0.25, 0.3) is 0 Å². The molecule has 0 radical (unpaired) electrons. The number of aliphatic carboxylic acids is 1. The number of carbonyl (C=O) groups excluding carboxylic acids is 3. The molecule has 0 heterocycles. The molecule has 0 saturated carbocycles. The molecule has 29 heavy (non-hydrogen) atoms. The van der Waals surface area contributed by atoms with Crippen LogP contribution >= 0.6 is 0 Å². The normalized spacial score (nSPS) is 13.8. The Balaban J connectivity index is 2.76. The number of nitrogens with one attached hydrogen (secondary N) is 3. The number of aliphatic hydroxyl groups excluding tert-OH is 1. The van der Waals surface area contributed by atoms with Crippen molar-refractivity contribution < 1.29 is 29.4 Å². The number of benzene rings is 1. The zero-order valence-electron chi connectivity index (χ0n) is 16.4. The minimum atomic E-state index is -1.19. The highest BCUT2D eigenvalue weighted by Gasteiger charge is 2.26. The van der Waals surface area contributed by atoms with Gasteiger partial charge >= 0.3 is 5.97 Å². The summed E-state index contributed by atoms with van der Waals surface area (Å²) in [6.45, 7) is 2.25. The second-order valence-electron chi connectivity index (χ2n) is 6.89. The largest absolute Gasteiger partial charge is 0.480 e. The topological polar surface area (TPSA) is 171 Å². The highest BCUT2D eigenvalue weighted by atomic mass is 16.4. The molecule has 0 aliphatic carbocycles. The molecule has 0 saturated heterocycles. The molecular formula is C19H28N4O6. The van der Waals surface area contributed by atoms with E-state index in [9.17, 15) is 19.2 Å². The summed E-state index contributed by atoms with van der Waals surface area (Å²) < 4.78 is 0. The van der Waals surface area contributed by atoms with Gasteiger partial charge in [0.2, 0.25) is 17.7 Å². The third-order valence-corrected chi connectivity index (χ3v) is 4.12. The summed E-state index contributed by atoms with van der Waals surface area (Å²) >= 11 is 0. The Labute approximate surface area is 168 Å². The predicted molar refractivity (Wildman–Crippen MR) is 105 cm³/mol. The van der Waals surface area contributed by atoms with Crippen LogP contribution in [-0.4, -0.2) is 65.2 Å². The maximum atomic E-state index is 12.5. The van der Waals surface area contributed by atoms with Crippen molar-refractivity contribution in [2.45, 2.75) is 38.4 Å². The molecule has 0 aliphatic rings. The van der Waals surface area contributed by atoms with Crippen LogP contribution < -0.4 is 21.7 Å². The Morgan fingerprint density at radius 1 is 1.03 bits per heavy atom. The fourth-order valence-electron chi connectivity index (χ4n) is 2.45. The molecule has 160 valence electrons. The molecule has 0 aliphatic heterocycles. The van der Waals surface area contributed by atoms with E-state index < -0.39 is 55.0 Å². The third kappa shape index (κ3) is 8.28. The van der Waals surface area contributed by atoms with Gasteiger partial charge in [-0.3, -0.25) is 14.4 Å². The number of aliphatic hydroxyl groups is 1. The number of carboxylic acids is 1. The standard InChI is InChI=1S/C19H28N4O6/c1-11(2)16(19(28)29)23-15(25)9-21-18(27)14(22-17(26)13(20)10-24)8-12-6-4-3-5-7-12/h3-7,11,13-14,16,24H,8-10,20H2,1-2H3,(H,21,27)(H,22,26)(H,23,25)(H,28,29). The third-order valence-electron chi connectivity index (χ3n) is 4.12. The molecule has 10 heteroatoms. The van der Waals surface area contributed by atoms with E-state index in [0.717, 1.165) is 5.56 Å². The van der Waals surface area contributed by atoms with E-state index in [2.05, 4.69) is 16.0 Å². The van der Waals surface area contributed by atoms with Crippen LogP contribution in [0.4, 0.5) is 0 Å². The van der Waals surface area contributed by atoms with Gasteiger partial charge in [-0.25, -0.2) is 4.79 Å². The van der Waals surface area contributed by atoms with Gasteiger partial charge in [-0.05, 0) is 11.5 Å². The molecule has 3 amide bonds. The first-order valence-electron chi connectivity index (χ1n) is 9.16. The number of carbonyl (C=O) groups is 4. The van der Waals surface area contributed by atoms with Crippen LogP contribution in [0.2, 0.25) is 0 Å². The van der Waals surface area contributed by atoms with Crippen LogP contribution in [0.1, 0.15) is 19.4 Å². The Kier molecular flexibility index (Phi) is 9.76. The Morgan fingerprint density at radius 3 is 2.17 bits per heavy atom. The number of nitrogens with two attached hydrogens (primary N) is 1. The quantitative estimate of drug-likeness (QED) is 0.255. The zero-order valence-corrected chi connectivity index (χ0v) is 16.4. The van der Waals surface area contributed by atoms with Crippen molar-refractivity contribution in [1.82, 2.24) is 16.0 Å². The van der Waals surface area contributed by atoms with Gasteiger partial charge in [0.1, 0.15) is 18.1 Å². The lowest BCUT2D eigenvalue weighted by Crippen LogP contribution is -2.55. The van der Waals surface area contributed by atoms with E-state index in [1.807, 2.05) is 0 Å². The van der Waals surface area contributed by atoms with Crippen LogP contribution in [0, 0.1) is 5.92 Å². The van der Waals surface area contributed by atoms with Gasteiger partial charge < -0.3 is 31.9 Å².